The minimum absolute atomic E-state index is 0.0548. The summed E-state index contributed by atoms with van der Waals surface area (Å²) in [7, 11) is 0. The normalized spacial score (nSPS) is 16.5. The van der Waals surface area contributed by atoms with E-state index in [-0.39, 0.29) is 12.1 Å². The molecule has 0 radical (unpaired) electrons. The van der Waals surface area contributed by atoms with Crippen LogP contribution in [0.3, 0.4) is 0 Å². The van der Waals surface area contributed by atoms with E-state index in [0.717, 1.165) is 36.8 Å². The molecule has 1 aliphatic heterocycles. The molecule has 5 nitrogen and oxygen atoms in total. The number of likely N-dealkylation sites (tertiary alicyclic amines) is 1. The highest BCUT2D eigenvalue weighted by Gasteiger charge is 2.21. The van der Waals surface area contributed by atoms with Crippen LogP contribution in [0.15, 0.2) is 60.7 Å². The van der Waals surface area contributed by atoms with Crippen LogP contribution < -0.4 is 10.6 Å². The number of ether oxygens (including phenoxy) is 1. The van der Waals surface area contributed by atoms with Crippen LogP contribution in [0.4, 0.5) is 10.5 Å². The van der Waals surface area contributed by atoms with Crippen LogP contribution in [0, 0.1) is 5.92 Å². The molecule has 28 heavy (non-hydrogen) atoms. The number of nitrogens with zero attached hydrogens (tertiary/aromatic N) is 1. The number of nitrogens with one attached hydrogen (secondary N) is 2. The Morgan fingerprint density at radius 3 is 2.39 bits per heavy atom. The van der Waals surface area contributed by atoms with Gasteiger partial charge in [0.05, 0.1) is 19.3 Å². The van der Waals surface area contributed by atoms with Crippen LogP contribution in [0.5, 0.6) is 0 Å². The maximum absolute atomic E-state index is 12.5. The van der Waals surface area contributed by atoms with E-state index >= 15 is 0 Å². The van der Waals surface area contributed by atoms with E-state index in [2.05, 4.69) is 34.6 Å². The molecule has 2 aromatic carbocycles. The third-order valence-electron chi connectivity index (χ3n) is 5.15. The Balaban J connectivity index is 1.52. The van der Waals surface area contributed by atoms with E-state index in [1.807, 2.05) is 48.5 Å². The van der Waals surface area contributed by atoms with Gasteiger partial charge in [0.15, 0.2) is 0 Å². The van der Waals surface area contributed by atoms with Crippen molar-refractivity contribution >= 4 is 11.7 Å². The van der Waals surface area contributed by atoms with Crippen molar-refractivity contribution in [2.45, 2.75) is 32.4 Å². The molecule has 5 heteroatoms. The Bertz CT molecular complexity index is 700. The maximum atomic E-state index is 12.5. The Kier molecular flexibility index (Phi) is 7.88. The zero-order chi connectivity index (χ0) is 19.6. The quantitative estimate of drug-likeness (QED) is 0.723. The fraction of sp³-hybridized carbons (Fsp3) is 0.435. The first-order valence-electron chi connectivity index (χ1n) is 10.2. The second kappa shape index (κ2) is 10.8. The second-order valence-corrected chi connectivity index (χ2v) is 7.65. The standard InChI is InChI=1S/C23H31N3O2/c1-19-12-14-26(15-13-19)16-22(18-28-17-20-8-4-2-5-9-20)25-23(27)24-21-10-6-3-7-11-21/h2-11,19,22H,12-18H2,1H3,(H2,24,25,27). The highest BCUT2D eigenvalue weighted by atomic mass is 16.5. The zero-order valence-corrected chi connectivity index (χ0v) is 16.6. The van der Waals surface area contributed by atoms with E-state index in [0.29, 0.717) is 13.2 Å². The predicted molar refractivity (Wildman–Crippen MR) is 113 cm³/mol. The molecule has 1 saturated heterocycles. The lowest BCUT2D eigenvalue weighted by molar-refractivity contribution is 0.0810. The fourth-order valence-corrected chi connectivity index (χ4v) is 3.46. The van der Waals surface area contributed by atoms with Crippen LogP contribution in [0.25, 0.3) is 0 Å². The number of anilines is 1. The Morgan fingerprint density at radius 2 is 1.71 bits per heavy atom. The summed E-state index contributed by atoms with van der Waals surface area (Å²) in [5, 5.41) is 5.99. The molecule has 2 aromatic rings. The van der Waals surface area contributed by atoms with E-state index in [9.17, 15) is 4.79 Å². The largest absolute Gasteiger partial charge is 0.375 e. The van der Waals surface area contributed by atoms with Gasteiger partial charge in [-0.3, -0.25) is 0 Å². The van der Waals surface area contributed by atoms with Gasteiger partial charge in [-0.2, -0.15) is 0 Å². The van der Waals surface area contributed by atoms with Gasteiger partial charge in [0, 0.05) is 12.2 Å². The fourth-order valence-electron chi connectivity index (χ4n) is 3.46. The molecular formula is C23H31N3O2. The average Bonchev–Trinajstić information content (AvgIpc) is 2.71. The minimum atomic E-state index is -0.190. The van der Waals surface area contributed by atoms with Crippen molar-refractivity contribution in [1.82, 2.24) is 10.2 Å². The van der Waals surface area contributed by atoms with Gasteiger partial charge in [-0.1, -0.05) is 55.5 Å². The van der Waals surface area contributed by atoms with Crippen molar-refractivity contribution in [2.75, 3.05) is 31.6 Å². The van der Waals surface area contributed by atoms with Gasteiger partial charge >= 0.3 is 6.03 Å². The molecule has 0 spiro atoms. The lowest BCUT2D eigenvalue weighted by Crippen LogP contribution is -2.49. The third kappa shape index (κ3) is 6.98. The van der Waals surface area contributed by atoms with Crippen molar-refractivity contribution in [3.05, 3.63) is 66.2 Å². The van der Waals surface area contributed by atoms with Crippen LogP contribution in [0.2, 0.25) is 0 Å². The summed E-state index contributed by atoms with van der Waals surface area (Å²) in [6, 6.07) is 19.4. The molecule has 0 aliphatic carbocycles. The maximum Gasteiger partial charge on any atom is 0.319 e. The number of carbonyl (C=O) groups is 1. The number of benzene rings is 2. The van der Waals surface area contributed by atoms with Crippen LogP contribution in [-0.2, 0) is 11.3 Å². The molecule has 0 saturated carbocycles. The molecule has 2 N–H and O–H groups in total. The van der Waals surface area contributed by atoms with Gasteiger partial charge in [0.2, 0.25) is 0 Å². The molecule has 0 aromatic heterocycles. The third-order valence-corrected chi connectivity index (χ3v) is 5.15. The number of rotatable bonds is 8. The molecule has 150 valence electrons. The van der Waals surface area contributed by atoms with Gasteiger partial charge in [-0.15, -0.1) is 0 Å². The summed E-state index contributed by atoms with van der Waals surface area (Å²) in [4.78, 5) is 14.9. The smallest absolute Gasteiger partial charge is 0.319 e. The van der Waals surface area contributed by atoms with Gasteiger partial charge in [-0.25, -0.2) is 4.79 Å². The van der Waals surface area contributed by atoms with Crippen molar-refractivity contribution in [3.63, 3.8) is 0 Å². The van der Waals surface area contributed by atoms with Gasteiger partial charge in [0.25, 0.3) is 0 Å². The molecule has 0 bridgehead atoms. The van der Waals surface area contributed by atoms with E-state index in [4.69, 9.17) is 4.74 Å². The first-order chi connectivity index (χ1) is 13.7. The summed E-state index contributed by atoms with van der Waals surface area (Å²) in [5.74, 6) is 0.790. The average molecular weight is 382 g/mol. The lowest BCUT2D eigenvalue weighted by Gasteiger charge is -2.33. The number of hydrogen-bond acceptors (Lipinski definition) is 3. The summed E-state index contributed by atoms with van der Waals surface area (Å²) in [6.07, 6.45) is 2.43. The van der Waals surface area contributed by atoms with Gasteiger partial charge < -0.3 is 20.3 Å². The second-order valence-electron chi connectivity index (χ2n) is 7.65. The molecule has 2 amide bonds. The van der Waals surface area contributed by atoms with Crippen molar-refractivity contribution < 1.29 is 9.53 Å². The van der Waals surface area contributed by atoms with Crippen LogP contribution >= 0.6 is 0 Å². The summed E-state index contributed by atoms with van der Waals surface area (Å²) in [6.45, 7) is 6.32. The van der Waals surface area contributed by atoms with E-state index < -0.39 is 0 Å². The van der Waals surface area contributed by atoms with Crippen molar-refractivity contribution in [2.24, 2.45) is 5.92 Å². The summed E-state index contributed by atoms with van der Waals surface area (Å²) >= 11 is 0. The Hall–Kier alpha value is -2.37. The number of urea groups is 1. The van der Waals surface area contributed by atoms with Gasteiger partial charge in [0.1, 0.15) is 0 Å². The van der Waals surface area contributed by atoms with Gasteiger partial charge in [-0.05, 0) is 49.5 Å². The molecule has 1 atom stereocenters. The monoisotopic (exact) mass is 381 g/mol. The number of carbonyl (C=O) groups excluding carboxylic acids is 1. The first kappa shape index (κ1) is 20.4. The topological polar surface area (TPSA) is 53.6 Å². The minimum Gasteiger partial charge on any atom is -0.375 e. The summed E-state index contributed by atoms with van der Waals surface area (Å²) in [5.41, 5.74) is 1.93. The number of piperidine rings is 1. The highest BCUT2D eigenvalue weighted by molar-refractivity contribution is 5.89. The van der Waals surface area contributed by atoms with E-state index in [1.54, 1.807) is 0 Å². The Morgan fingerprint density at radius 1 is 1.07 bits per heavy atom. The zero-order valence-electron chi connectivity index (χ0n) is 16.6. The number of amides is 2. The van der Waals surface area contributed by atoms with E-state index in [1.165, 1.54) is 12.8 Å². The molecule has 3 rings (SSSR count). The SMILES string of the molecule is CC1CCN(CC(COCc2ccccc2)NC(=O)Nc2ccccc2)CC1. The summed E-state index contributed by atoms with van der Waals surface area (Å²) < 4.78 is 5.93. The number of hydrogen-bond donors (Lipinski definition) is 2. The molecule has 1 aliphatic rings. The van der Waals surface area contributed by atoms with Crippen molar-refractivity contribution in [1.29, 1.82) is 0 Å². The molecular weight excluding hydrogens is 350 g/mol. The van der Waals surface area contributed by atoms with Crippen LogP contribution in [0.1, 0.15) is 25.3 Å². The molecule has 1 unspecified atom stereocenters. The Labute approximate surface area is 168 Å². The van der Waals surface area contributed by atoms with Crippen molar-refractivity contribution in [3.8, 4) is 0 Å². The highest BCUT2D eigenvalue weighted by Crippen LogP contribution is 2.16. The molecule has 1 heterocycles. The number of para-hydroxylation sites is 1. The first-order valence-corrected chi connectivity index (χ1v) is 10.2. The predicted octanol–water partition coefficient (Wildman–Crippen LogP) is 4.13. The lowest BCUT2D eigenvalue weighted by atomic mass is 9.99. The molecule has 1 fully saturated rings. The van der Waals surface area contributed by atoms with Crippen LogP contribution in [-0.4, -0.2) is 43.2 Å².